The summed E-state index contributed by atoms with van der Waals surface area (Å²) in [5.74, 6) is 0.941. The van der Waals surface area contributed by atoms with Gasteiger partial charge in [-0.15, -0.1) is 11.8 Å². The Balaban J connectivity index is 1.99. The van der Waals surface area contributed by atoms with Crippen molar-refractivity contribution in [1.29, 1.82) is 0 Å². The molecule has 4 heteroatoms. The third-order valence-electron chi connectivity index (χ3n) is 3.32. The van der Waals surface area contributed by atoms with Crippen molar-refractivity contribution in [3.8, 4) is 5.75 Å². The number of para-hydroxylation sites is 1. The maximum atomic E-state index is 12.4. The van der Waals surface area contributed by atoms with Crippen LogP contribution in [0, 0.1) is 5.92 Å². The van der Waals surface area contributed by atoms with E-state index in [4.69, 9.17) is 4.74 Å². The number of thioether (sulfide) groups is 1. The molecule has 2 rings (SSSR count). The van der Waals surface area contributed by atoms with E-state index in [0.717, 1.165) is 5.56 Å². The SMILES string of the molecule is CSc1ccc(CNC(=O)c2ccccc2OCC(C)C)cc1. The molecule has 0 aliphatic heterocycles. The molecule has 0 bridgehead atoms. The van der Waals surface area contributed by atoms with Gasteiger partial charge in [-0.25, -0.2) is 0 Å². The van der Waals surface area contributed by atoms with Crippen molar-refractivity contribution in [2.45, 2.75) is 25.3 Å². The van der Waals surface area contributed by atoms with Crippen LogP contribution in [-0.4, -0.2) is 18.8 Å². The smallest absolute Gasteiger partial charge is 0.255 e. The number of carbonyl (C=O) groups is 1. The first-order valence-electron chi connectivity index (χ1n) is 7.73. The van der Waals surface area contributed by atoms with Crippen LogP contribution in [-0.2, 0) is 6.54 Å². The van der Waals surface area contributed by atoms with Gasteiger partial charge in [-0.3, -0.25) is 4.79 Å². The number of hydrogen-bond donors (Lipinski definition) is 1. The highest BCUT2D eigenvalue weighted by molar-refractivity contribution is 7.98. The maximum absolute atomic E-state index is 12.4. The highest BCUT2D eigenvalue weighted by Crippen LogP contribution is 2.19. The van der Waals surface area contributed by atoms with Crippen LogP contribution in [0.15, 0.2) is 53.4 Å². The Morgan fingerprint density at radius 3 is 2.48 bits per heavy atom. The molecule has 0 spiro atoms. The number of carbonyl (C=O) groups excluding carboxylic acids is 1. The fourth-order valence-electron chi connectivity index (χ4n) is 2.06. The lowest BCUT2D eigenvalue weighted by Gasteiger charge is -2.13. The Bertz CT molecular complexity index is 638. The van der Waals surface area contributed by atoms with Crippen LogP contribution < -0.4 is 10.1 Å². The predicted molar refractivity (Wildman–Crippen MR) is 96.2 cm³/mol. The van der Waals surface area contributed by atoms with E-state index < -0.39 is 0 Å². The molecule has 2 aromatic carbocycles. The summed E-state index contributed by atoms with van der Waals surface area (Å²) in [5.41, 5.74) is 1.66. The summed E-state index contributed by atoms with van der Waals surface area (Å²) in [7, 11) is 0. The van der Waals surface area contributed by atoms with Gasteiger partial charge in [0.2, 0.25) is 0 Å². The topological polar surface area (TPSA) is 38.3 Å². The van der Waals surface area contributed by atoms with Gasteiger partial charge in [0.15, 0.2) is 0 Å². The summed E-state index contributed by atoms with van der Waals surface area (Å²) in [6, 6.07) is 15.6. The molecule has 0 saturated carbocycles. The molecule has 3 nitrogen and oxygen atoms in total. The van der Waals surface area contributed by atoms with Crippen molar-refractivity contribution in [1.82, 2.24) is 5.32 Å². The Labute approximate surface area is 142 Å². The zero-order valence-corrected chi connectivity index (χ0v) is 14.7. The Hall–Kier alpha value is -1.94. The molecule has 0 aliphatic carbocycles. The summed E-state index contributed by atoms with van der Waals surface area (Å²) in [4.78, 5) is 13.6. The van der Waals surface area contributed by atoms with Crippen LogP contribution in [0.4, 0.5) is 0 Å². The zero-order chi connectivity index (χ0) is 16.7. The molecule has 0 saturated heterocycles. The van der Waals surface area contributed by atoms with Gasteiger partial charge in [0, 0.05) is 11.4 Å². The van der Waals surface area contributed by atoms with Crippen LogP contribution in [0.3, 0.4) is 0 Å². The molecular formula is C19H23NO2S. The van der Waals surface area contributed by atoms with Gasteiger partial charge in [-0.05, 0) is 42.0 Å². The largest absolute Gasteiger partial charge is 0.492 e. The zero-order valence-electron chi connectivity index (χ0n) is 13.8. The predicted octanol–water partition coefficient (Wildman–Crippen LogP) is 4.37. The first-order chi connectivity index (χ1) is 11.1. The molecule has 2 aromatic rings. The van der Waals surface area contributed by atoms with Crippen molar-refractivity contribution in [2.24, 2.45) is 5.92 Å². The Morgan fingerprint density at radius 1 is 1.13 bits per heavy atom. The molecule has 0 aromatic heterocycles. The van der Waals surface area contributed by atoms with Gasteiger partial charge >= 0.3 is 0 Å². The summed E-state index contributed by atoms with van der Waals surface area (Å²) in [5, 5.41) is 2.96. The van der Waals surface area contributed by atoms with Crippen molar-refractivity contribution < 1.29 is 9.53 Å². The number of ether oxygens (including phenoxy) is 1. The van der Waals surface area contributed by atoms with E-state index in [9.17, 15) is 4.79 Å². The van der Waals surface area contributed by atoms with E-state index in [1.54, 1.807) is 17.8 Å². The molecule has 0 heterocycles. The minimum absolute atomic E-state index is 0.113. The van der Waals surface area contributed by atoms with Crippen LogP contribution in [0.5, 0.6) is 5.75 Å². The molecule has 0 aliphatic rings. The molecule has 1 amide bonds. The number of hydrogen-bond acceptors (Lipinski definition) is 3. The third kappa shape index (κ3) is 5.32. The average molecular weight is 329 g/mol. The van der Waals surface area contributed by atoms with Gasteiger partial charge in [0.05, 0.1) is 12.2 Å². The molecular weight excluding hydrogens is 306 g/mol. The lowest BCUT2D eigenvalue weighted by Crippen LogP contribution is -2.23. The second-order valence-corrected chi connectivity index (χ2v) is 6.61. The summed E-state index contributed by atoms with van der Waals surface area (Å²) in [6.07, 6.45) is 2.05. The van der Waals surface area contributed by atoms with Gasteiger partial charge in [0.1, 0.15) is 5.75 Å². The highest BCUT2D eigenvalue weighted by atomic mass is 32.2. The van der Waals surface area contributed by atoms with E-state index in [1.807, 2.05) is 36.6 Å². The van der Waals surface area contributed by atoms with E-state index in [1.165, 1.54) is 4.90 Å². The minimum atomic E-state index is -0.113. The standard InChI is InChI=1S/C19H23NO2S/c1-14(2)13-22-18-7-5-4-6-17(18)19(21)20-12-15-8-10-16(23-3)11-9-15/h4-11,14H,12-13H2,1-3H3,(H,20,21). The van der Waals surface area contributed by atoms with Crippen LogP contribution in [0.1, 0.15) is 29.8 Å². The monoisotopic (exact) mass is 329 g/mol. The van der Waals surface area contributed by atoms with Gasteiger partial charge < -0.3 is 10.1 Å². The van der Waals surface area contributed by atoms with E-state index in [0.29, 0.717) is 30.4 Å². The molecule has 1 N–H and O–H groups in total. The van der Waals surface area contributed by atoms with Crippen LogP contribution in [0.2, 0.25) is 0 Å². The van der Waals surface area contributed by atoms with Crippen LogP contribution >= 0.6 is 11.8 Å². The number of amides is 1. The first-order valence-corrected chi connectivity index (χ1v) is 8.95. The van der Waals surface area contributed by atoms with E-state index in [2.05, 4.69) is 31.3 Å². The Morgan fingerprint density at radius 2 is 1.83 bits per heavy atom. The molecule has 122 valence electrons. The summed E-state index contributed by atoms with van der Waals surface area (Å²) in [6.45, 7) is 5.27. The number of rotatable bonds is 7. The summed E-state index contributed by atoms with van der Waals surface area (Å²) >= 11 is 1.70. The van der Waals surface area contributed by atoms with Gasteiger partial charge in [-0.2, -0.15) is 0 Å². The molecule has 0 unspecified atom stereocenters. The third-order valence-corrected chi connectivity index (χ3v) is 4.06. The average Bonchev–Trinajstić information content (AvgIpc) is 2.58. The molecule has 0 atom stereocenters. The number of benzene rings is 2. The lowest BCUT2D eigenvalue weighted by atomic mass is 10.1. The van der Waals surface area contributed by atoms with Crippen molar-refractivity contribution in [2.75, 3.05) is 12.9 Å². The molecule has 23 heavy (non-hydrogen) atoms. The van der Waals surface area contributed by atoms with Crippen LogP contribution in [0.25, 0.3) is 0 Å². The molecule has 0 radical (unpaired) electrons. The number of nitrogens with one attached hydrogen (secondary N) is 1. The quantitative estimate of drug-likeness (QED) is 0.766. The van der Waals surface area contributed by atoms with E-state index in [-0.39, 0.29) is 5.91 Å². The fourth-order valence-corrected chi connectivity index (χ4v) is 2.47. The maximum Gasteiger partial charge on any atom is 0.255 e. The van der Waals surface area contributed by atoms with Crippen molar-refractivity contribution in [3.05, 3.63) is 59.7 Å². The van der Waals surface area contributed by atoms with Gasteiger partial charge in [-0.1, -0.05) is 38.1 Å². The fraction of sp³-hybridized carbons (Fsp3) is 0.316. The molecule has 0 fully saturated rings. The first kappa shape index (κ1) is 17.4. The second-order valence-electron chi connectivity index (χ2n) is 5.73. The highest BCUT2D eigenvalue weighted by Gasteiger charge is 2.12. The van der Waals surface area contributed by atoms with Gasteiger partial charge in [0.25, 0.3) is 5.91 Å². The Kier molecular flexibility index (Phi) is 6.53. The van der Waals surface area contributed by atoms with Crippen molar-refractivity contribution in [3.63, 3.8) is 0 Å². The van der Waals surface area contributed by atoms with E-state index >= 15 is 0 Å². The summed E-state index contributed by atoms with van der Waals surface area (Å²) < 4.78 is 5.74. The second kappa shape index (κ2) is 8.63. The minimum Gasteiger partial charge on any atom is -0.492 e. The normalized spacial score (nSPS) is 10.6. The van der Waals surface area contributed by atoms with Crippen molar-refractivity contribution >= 4 is 17.7 Å². The lowest BCUT2D eigenvalue weighted by molar-refractivity contribution is 0.0946.